The number of esters is 1. The van der Waals surface area contributed by atoms with Crippen molar-refractivity contribution in [2.45, 2.75) is 25.9 Å². The van der Waals surface area contributed by atoms with Gasteiger partial charge in [-0.2, -0.15) is 0 Å². The van der Waals surface area contributed by atoms with Crippen LogP contribution in [0.25, 0.3) is 0 Å². The zero-order valence-electron chi connectivity index (χ0n) is 12.0. The first-order chi connectivity index (χ1) is 9.65. The molecular formula is C14H21N3O3. The molecular weight excluding hydrogens is 258 g/mol. The summed E-state index contributed by atoms with van der Waals surface area (Å²) in [5.41, 5.74) is 6.61. The summed E-state index contributed by atoms with van der Waals surface area (Å²) in [6.07, 6.45) is 3.76. The van der Waals surface area contributed by atoms with E-state index < -0.39 is 0 Å². The SMILES string of the molecule is CCOC(=O)c1cc(N)cnc1N1CCCC(OC)C1. The molecule has 1 aromatic rings. The Kier molecular flexibility index (Phi) is 4.79. The van der Waals surface area contributed by atoms with Crippen molar-refractivity contribution in [1.82, 2.24) is 4.98 Å². The maximum absolute atomic E-state index is 12.0. The second-order valence-electron chi connectivity index (χ2n) is 4.81. The Hall–Kier alpha value is -1.82. The summed E-state index contributed by atoms with van der Waals surface area (Å²) < 4.78 is 10.5. The molecule has 0 spiro atoms. The number of pyridine rings is 1. The van der Waals surface area contributed by atoms with Crippen LogP contribution in [-0.2, 0) is 9.47 Å². The third kappa shape index (κ3) is 3.19. The molecule has 1 unspecified atom stereocenters. The number of ether oxygens (including phenoxy) is 2. The van der Waals surface area contributed by atoms with Crippen molar-refractivity contribution in [1.29, 1.82) is 0 Å². The van der Waals surface area contributed by atoms with Crippen molar-refractivity contribution in [3.63, 3.8) is 0 Å². The smallest absolute Gasteiger partial charge is 0.341 e. The molecule has 2 rings (SSSR count). The second-order valence-corrected chi connectivity index (χ2v) is 4.81. The number of aromatic nitrogens is 1. The molecule has 20 heavy (non-hydrogen) atoms. The van der Waals surface area contributed by atoms with E-state index in [0.717, 1.165) is 25.9 Å². The van der Waals surface area contributed by atoms with Crippen molar-refractivity contribution in [2.24, 2.45) is 0 Å². The highest BCUT2D eigenvalue weighted by Crippen LogP contribution is 2.25. The summed E-state index contributed by atoms with van der Waals surface area (Å²) >= 11 is 0. The molecule has 0 aromatic carbocycles. The van der Waals surface area contributed by atoms with Crippen LogP contribution in [0.3, 0.4) is 0 Å². The lowest BCUT2D eigenvalue weighted by Crippen LogP contribution is -2.40. The number of methoxy groups -OCH3 is 1. The average molecular weight is 279 g/mol. The Balaban J connectivity index is 2.28. The number of carbonyl (C=O) groups excluding carboxylic acids is 1. The fourth-order valence-electron chi connectivity index (χ4n) is 2.41. The zero-order valence-corrected chi connectivity index (χ0v) is 12.0. The van der Waals surface area contributed by atoms with E-state index in [1.807, 2.05) is 0 Å². The number of nitrogen functional groups attached to an aromatic ring is 1. The highest BCUT2D eigenvalue weighted by atomic mass is 16.5. The van der Waals surface area contributed by atoms with Crippen LogP contribution in [-0.4, -0.2) is 43.9 Å². The predicted molar refractivity (Wildman–Crippen MR) is 76.8 cm³/mol. The first kappa shape index (κ1) is 14.6. The van der Waals surface area contributed by atoms with Crippen LogP contribution < -0.4 is 10.6 Å². The van der Waals surface area contributed by atoms with Crippen LogP contribution in [0.4, 0.5) is 11.5 Å². The quantitative estimate of drug-likeness (QED) is 0.841. The minimum absolute atomic E-state index is 0.165. The third-order valence-corrected chi connectivity index (χ3v) is 3.39. The molecule has 1 saturated heterocycles. The highest BCUT2D eigenvalue weighted by molar-refractivity contribution is 5.95. The molecule has 2 heterocycles. The number of carbonyl (C=O) groups is 1. The minimum atomic E-state index is -0.387. The molecule has 1 atom stereocenters. The normalized spacial score (nSPS) is 18.9. The fraction of sp³-hybridized carbons (Fsp3) is 0.571. The first-order valence-corrected chi connectivity index (χ1v) is 6.86. The summed E-state index contributed by atoms with van der Waals surface area (Å²) in [5.74, 6) is 0.237. The average Bonchev–Trinajstić information content (AvgIpc) is 2.47. The van der Waals surface area contributed by atoms with Gasteiger partial charge in [-0.15, -0.1) is 0 Å². The lowest BCUT2D eigenvalue weighted by atomic mass is 10.1. The molecule has 0 radical (unpaired) electrons. The van der Waals surface area contributed by atoms with Gasteiger partial charge in [0.1, 0.15) is 11.4 Å². The van der Waals surface area contributed by atoms with Crippen molar-refractivity contribution in [3.05, 3.63) is 17.8 Å². The molecule has 2 N–H and O–H groups in total. The number of hydrogen-bond acceptors (Lipinski definition) is 6. The minimum Gasteiger partial charge on any atom is -0.462 e. The van der Waals surface area contributed by atoms with E-state index in [4.69, 9.17) is 15.2 Å². The van der Waals surface area contributed by atoms with Gasteiger partial charge in [-0.1, -0.05) is 0 Å². The number of nitrogens with two attached hydrogens (primary N) is 1. The van der Waals surface area contributed by atoms with Crippen LogP contribution in [0.2, 0.25) is 0 Å². The van der Waals surface area contributed by atoms with E-state index >= 15 is 0 Å². The molecule has 110 valence electrons. The topological polar surface area (TPSA) is 77.7 Å². The molecule has 1 aromatic heterocycles. The standard InChI is InChI=1S/C14H21N3O3/c1-3-20-14(18)12-7-10(15)8-16-13(12)17-6-4-5-11(9-17)19-2/h7-8,11H,3-6,9,15H2,1-2H3. The van der Waals surface area contributed by atoms with E-state index in [0.29, 0.717) is 23.7 Å². The van der Waals surface area contributed by atoms with E-state index in [-0.39, 0.29) is 12.1 Å². The van der Waals surface area contributed by atoms with Gasteiger partial charge in [-0.25, -0.2) is 9.78 Å². The molecule has 0 saturated carbocycles. The molecule has 1 aliphatic rings. The Morgan fingerprint density at radius 2 is 2.40 bits per heavy atom. The Morgan fingerprint density at radius 3 is 3.10 bits per heavy atom. The summed E-state index contributed by atoms with van der Waals surface area (Å²) in [6, 6.07) is 1.62. The highest BCUT2D eigenvalue weighted by Gasteiger charge is 2.25. The van der Waals surface area contributed by atoms with Gasteiger partial charge in [0, 0.05) is 20.2 Å². The number of anilines is 2. The van der Waals surface area contributed by atoms with Crippen LogP contribution >= 0.6 is 0 Å². The van der Waals surface area contributed by atoms with Crippen molar-refractivity contribution < 1.29 is 14.3 Å². The second kappa shape index (κ2) is 6.56. The van der Waals surface area contributed by atoms with Gasteiger partial charge in [0.2, 0.25) is 0 Å². The lowest BCUT2D eigenvalue weighted by molar-refractivity contribution is 0.0525. The molecule has 1 fully saturated rings. The van der Waals surface area contributed by atoms with Gasteiger partial charge >= 0.3 is 5.97 Å². The van der Waals surface area contributed by atoms with Crippen LogP contribution in [0.15, 0.2) is 12.3 Å². The fourth-order valence-corrected chi connectivity index (χ4v) is 2.41. The Morgan fingerprint density at radius 1 is 1.60 bits per heavy atom. The molecule has 6 nitrogen and oxygen atoms in total. The summed E-state index contributed by atoms with van der Waals surface area (Å²) in [7, 11) is 1.71. The molecule has 6 heteroatoms. The number of hydrogen-bond donors (Lipinski definition) is 1. The maximum atomic E-state index is 12.0. The van der Waals surface area contributed by atoms with Crippen LogP contribution in [0.5, 0.6) is 0 Å². The largest absolute Gasteiger partial charge is 0.462 e. The van der Waals surface area contributed by atoms with Crippen LogP contribution in [0.1, 0.15) is 30.1 Å². The summed E-state index contributed by atoms with van der Waals surface area (Å²) in [5, 5.41) is 0. The zero-order chi connectivity index (χ0) is 14.5. The Bertz CT molecular complexity index is 479. The summed E-state index contributed by atoms with van der Waals surface area (Å²) in [6.45, 7) is 3.68. The predicted octanol–water partition coefficient (Wildman–Crippen LogP) is 1.46. The molecule has 1 aliphatic heterocycles. The van der Waals surface area contributed by atoms with E-state index in [2.05, 4.69) is 9.88 Å². The molecule has 0 aliphatic carbocycles. The van der Waals surface area contributed by atoms with Gasteiger partial charge in [-0.3, -0.25) is 0 Å². The first-order valence-electron chi connectivity index (χ1n) is 6.86. The summed E-state index contributed by atoms with van der Waals surface area (Å²) in [4.78, 5) is 18.4. The number of rotatable bonds is 4. The number of piperidine rings is 1. The van der Waals surface area contributed by atoms with Gasteiger partial charge in [0.25, 0.3) is 0 Å². The van der Waals surface area contributed by atoms with Crippen LogP contribution in [0, 0.1) is 0 Å². The van der Waals surface area contributed by atoms with Gasteiger partial charge < -0.3 is 20.1 Å². The van der Waals surface area contributed by atoms with Crippen molar-refractivity contribution in [3.8, 4) is 0 Å². The third-order valence-electron chi connectivity index (χ3n) is 3.39. The van der Waals surface area contributed by atoms with E-state index in [1.165, 1.54) is 0 Å². The molecule has 0 amide bonds. The van der Waals surface area contributed by atoms with E-state index in [9.17, 15) is 4.79 Å². The Labute approximate surface area is 118 Å². The monoisotopic (exact) mass is 279 g/mol. The van der Waals surface area contributed by atoms with Crippen molar-refractivity contribution >= 4 is 17.5 Å². The number of nitrogens with zero attached hydrogens (tertiary/aromatic N) is 2. The van der Waals surface area contributed by atoms with Crippen molar-refractivity contribution in [2.75, 3.05) is 37.4 Å². The van der Waals surface area contributed by atoms with E-state index in [1.54, 1.807) is 26.3 Å². The maximum Gasteiger partial charge on any atom is 0.341 e. The van der Waals surface area contributed by atoms with Gasteiger partial charge in [0.15, 0.2) is 0 Å². The molecule has 0 bridgehead atoms. The lowest BCUT2D eigenvalue weighted by Gasteiger charge is -2.33. The van der Waals surface area contributed by atoms with Gasteiger partial charge in [-0.05, 0) is 25.8 Å². The van der Waals surface area contributed by atoms with Gasteiger partial charge in [0.05, 0.1) is 24.6 Å².